The molecule has 0 saturated heterocycles. The molecule has 1 rings (SSSR count). The molecule has 0 aromatic rings. The average molecular weight is 975 g/mol. The highest BCUT2D eigenvalue weighted by atomic mass is 32.1. The third-order valence-electron chi connectivity index (χ3n) is 8.25. The third-order valence-corrected chi connectivity index (χ3v) is 10.3. The third kappa shape index (κ3) is 28.5. The molecule has 0 radical (unpaired) electrons. The van der Waals surface area contributed by atoms with E-state index < -0.39 is 91.3 Å². The lowest BCUT2D eigenvalue weighted by Crippen LogP contribution is -2.65. The van der Waals surface area contributed by atoms with Gasteiger partial charge in [-0.05, 0) is 72.5 Å². The van der Waals surface area contributed by atoms with Crippen LogP contribution in [0.4, 0.5) is 0 Å². The lowest BCUT2D eigenvalue weighted by atomic mass is 9.85. The van der Waals surface area contributed by atoms with Crippen LogP contribution in [0.2, 0.25) is 0 Å². The highest BCUT2D eigenvalue weighted by Gasteiger charge is 2.56. The first-order valence-electron chi connectivity index (χ1n) is 19.3. The summed E-state index contributed by atoms with van der Waals surface area (Å²) in [5, 5.41) is 31.7. The second-order valence-electron chi connectivity index (χ2n) is 13.3. The Bertz CT molecular complexity index is 1980. The molecule has 0 spiro atoms. The lowest BCUT2D eigenvalue weighted by molar-refractivity contribution is -0.213. The van der Waals surface area contributed by atoms with Crippen LogP contribution in [0.1, 0.15) is 119 Å². The van der Waals surface area contributed by atoms with Crippen LogP contribution in [0.25, 0.3) is 0 Å². The van der Waals surface area contributed by atoms with E-state index in [2.05, 4.69) is 81.1 Å². The minimum absolute atomic E-state index is 0. The zero-order chi connectivity index (χ0) is 45.7. The van der Waals surface area contributed by atoms with Gasteiger partial charge in [0.2, 0.25) is 0 Å². The molecule has 0 amide bonds. The molecule has 0 aromatic carbocycles. The van der Waals surface area contributed by atoms with Crippen molar-refractivity contribution in [2.24, 2.45) is 0 Å². The van der Waals surface area contributed by atoms with Gasteiger partial charge in [-0.3, -0.25) is 22.9 Å². The zero-order valence-corrected chi connectivity index (χ0v) is 37.9. The number of aliphatic hydroxyl groups excluding tert-OH is 3. The molecule has 8 atom stereocenters. The minimum Gasteiger partial charge on any atom is -0.456 e. The molecule has 4 unspecified atom stereocenters. The number of hydrogen-bond acceptors (Lipinski definition) is 14. The van der Waals surface area contributed by atoms with Crippen molar-refractivity contribution in [1.82, 2.24) is 0 Å². The predicted octanol–water partition coefficient (Wildman–Crippen LogP) is 5.34. The SMILES string of the molecule is CC#CC#CC#CC#CC#CC#CC(=O)OC[C@H](COP(=O)(O)OC1C(O)[C@@H](O)C(OP(=O)(O)O)[C@@H](OP(=O)(O)O)[C@H]1O)OC(=O)CCCCCCCCCCCCCCC.S.[HH].[HH].[HH].[HH].[HH].[HH].[HH].[HH].[HH].[HH].[HH]. The first kappa shape index (κ1) is 58.9. The molecule has 0 heterocycles. The number of esters is 2. The van der Waals surface area contributed by atoms with E-state index in [9.17, 15) is 63.1 Å². The van der Waals surface area contributed by atoms with Crippen molar-refractivity contribution >= 4 is 48.9 Å². The van der Waals surface area contributed by atoms with Crippen LogP contribution in [0.15, 0.2) is 0 Å². The monoisotopic (exact) mass is 974 g/mol. The largest absolute Gasteiger partial charge is 0.472 e. The Hall–Kier alpha value is -3.14. The van der Waals surface area contributed by atoms with E-state index >= 15 is 0 Å². The Balaban J connectivity index is -0.000000310. The number of hydrogen-bond donors (Lipinski definition) is 8. The summed E-state index contributed by atoms with van der Waals surface area (Å²) in [7, 11) is -16.7. The summed E-state index contributed by atoms with van der Waals surface area (Å²) in [4.78, 5) is 72.3. The summed E-state index contributed by atoms with van der Waals surface area (Å²) in [5.41, 5.74) is 0. The maximum absolute atomic E-state index is 13.0. The van der Waals surface area contributed by atoms with Crippen molar-refractivity contribution in [3.63, 3.8) is 0 Å². The number of carbonyl (C=O) groups is 2. The molecule has 23 heteroatoms. The van der Waals surface area contributed by atoms with Crippen LogP contribution in [0.3, 0.4) is 0 Å². The maximum Gasteiger partial charge on any atom is 0.472 e. The van der Waals surface area contributed by atoms with Crippen LogP contribution in [0, 0.1) is 71.0 Å². The van der Waals surface area contributed by atoms with Crippen LogP contribution < -0.4 is 0 Å². The molecule has 0 aliphatic heterocycles. The number of ether oxygens (including phenoxy) is 2. The van der Waals surface area contributed by atoms with Crippen LogP contribution in [-0.2, 0) is 50.9 Å². The van der Waals surface area contributed by atoms with Gasteiger partial charge in [-0.25, -0.2) is 18.5 Å². The van der Waals surface area contributed by atoms with Crippen LogP contribution >= 0.6 is 37.0 Å². The Kier molecular flexibility index (Phi) is 30.9. The van der Waals surface area contributed by atoms with E-state index in [-0.39, 0.29) is 35.6 Å². The van der Waals surface area contributed by atoms with Gasteiger partial charge in [0.05, 0.1) is 6.61 Å². The molecule has 0 aromatic heterocycles. The lowest BCUT2D eigenvalue weighted by Gasteiger charge is -2.44. The molecule has 19 nitrogen and oxygen atoms in total. The molecule has 1 saturated carbocycles. The minimum atomic E-state index is -5.63. The van der Waals surface area contributed by atoms with Crippen molar-refractivity contribution in [2.75, 3.05) is 13.2 Å². The molecule has 1 fully saturated rings. The maximum atomic E-state index is 13.0. The van der Waals surface area contributed by atoms with Gasteiger partial charge in [-0.2, -0.15) is 13.5 Å². The first-order valence-corrected chi connectivity index (χ1v) is 23.8. The number of rotatable bonds is 26. The first-order chi connectivity index (χ1) is 28.8. The summed E-state index contributed by atoms with van der Waals surface area (Å²) in [6.45, 7) is 1.99. The van der Waals surface area contributed by atoms with Crippen molar-refractivity contribution in [3.05, 3.63) is 0 Å². The number of phosphoric ester groups is 3. The quantitative estimate of drug-likeness (QED) is 0.0178. The summed E-state index contributed by atoms with van der Waals surface area (Å²) in [6, 6.07) is 0. The molecule has 0 bridgehead atoms. The Labute approximate surface area is 385 Å². The van der Waals surface area contributed by atoms with E-state index in [1.807, 2.05) is 5.92 Å². The van der Waals surface area contributed by atoms with E-state index in [0.29, 0.717) is 12.8 Å². The van der Waals surface area contributed by atoms with Crippen LogP contribution in [-0.4, -0.2) is 108 Å². The van der Waals surface area contributed by atoms with Gasteiger partial charge < -0.3 is 49.3 Å². The summed E-state index contributed by atoms with van der Waals surface area (Å²) < 4.78 is 64.5. The fourth-order valence-corrected chi connectivity index (χ4v) is 7.56. The molecule has 8 N–H and O–H groups in total. The summed E-state index contributed by atoms with van der Waals surface area (Å²) in [5.74, 6) is 26.3. The molecule has 1 aliphatic carbocycles. The normalized spacial score (nSPS) is 20.5. The van der Waals surface area contributed by atoms with Gasteiger partial charge in [-0.15, -0.1) is 0 Å². The van der Waals surface area contributed by atoms with E-state index in [4.69, 9.17) is 18.5 Å². The highest BCUT2D eigenvalue weighted by molar-refractivity contribution is 7.59. The molecule has 1 aliphatic rings. The number of unbranched alkanes of at least 4 members (excludes halogenated alkanes) is 12. The van der Waals surface area contributed by atoms with Gasteiger partial charge >= 0.3 is 35.4 Å². The second kappa shape index (κ2) is 32.5. The molecular weight excluding hydrogens is 897 g/mol. The molecule has 62 heavy (non-hydrogen) atoms. The van der Waals surface area contributed by atoms with Crippen molar-refractivity contribution in [2.45, 2.75) is 146 Å². The molecule has 368 valence electrons. The van der Waals surface area contributed by atoms with Crippen molar-refractivity contribution in [3.8, 4) is 71.0 Å². The smallest absolute Gasteiger partial charge is 0.456 e. The second-order valence-corrected chi connectivity index (χ2v) is 17.0. The Morgan fingerprint density at radius 1 is 0.581 bits per heavy atom. The van der Waals surface area contributed by atoms with Gasteiger partial charge in [0.1, 0.15) is 43.2 Å². The van der Waals surface area contributed by atoms with Crippen LogP contribution in [0.5, 0.6) is 0 Å². The predicted molar refractivity (Wildman–Crippen MR) is 250 cm³/mol. The van der Waals surface area contributed by atoms with Gasteiger partial charge in [0.25, 0.3) is 0 Å². The fourth-order valence-electron chi connectivity index (χ4n) is 5.46. The van der Waals surface area contributed by atoms with Gasteiger partial charge in [0, 0.05) is 28.0 Å². The van der Waals surface area contributed by atoms with Gasteiger partial charge in [0.15, 0.2) is 6.10 Å². The standard InChI is InChI=1S/C39H53O19P3.H2S.11H2/c1-3-5-7-9-11-13-15-16-18-20-22-24-26-28-33(41)55-31(29-53-32(40)27-25-23-21-19-17-14-12-10-8-6-4-2)30-54-61(51,52)58-37-34(42)35(43)38(56-59(45,46)47)39(36(37)44)57-60(48,49)50;;;;;;;;;;;;/h31,34-39,42-44H,3,5,7,9,11,13,15-16,18,20,22,24,26,28-30H2,1-2H3,(H,51,52)(H2,45,46,47)(H2,48,49,50);1H2;11*1H/t31-,34?,35-,36+,37?,38?,39+;;;;;;;;;;;;/m1............/s1. The molecular formula is C39H77O19P3S. The topological polar surface area (TPSA) is 303 Å². The number of aliphatic hydroxyl groups is 3. The van der Waals surface area contributed by atoms with E-state index in [1.54, 1.807) is 6.92 Å². The Morgan fingerprint density at radius 2 is 1.00 bits per heavy atom. The number of carbonyl (C=O) groups excluding carboxylic acids is 2. The summed E-state index contributed by atoms with van der Waals surface area (Å²) >= 11 is 0. The van der Waals surface area contributed by atoms with Crippen molar-refractivity contribution in [1.29, 1.82) is 0 Å². The average Bonchev–Trinajstić information content (AvgIpc) is 3.18. The Morgan fingerprint density at radius 3 is 1.47 bits per heavy atom. The van der Waals surface area contributed by atoms with E-state index in [1.165, 1.54) is 44.9 Å². The van der Waals surface area contributed by atoms with Gasteiger partial charge in [-0.1, -0.05) is 89.9 Å². The summed E-state index contributed by atoms with van der Waals surface area (Å²) in [6.07, 6.45) is -2.99. The highest BCUT2D eigenvalue weighted by Crippen LogP contribution is 2.51. The van der Waals surface area contributed by atoms with Crippen molar-refractivity contribution < 1.29 is 106 Å². The van der Waals surface area contributed by atoms with E-state index in [0.717, 1.165) is 25.7 Å². The zero-order valence-electron chi connectivity index (χ0n) is 34.3. The fraction of sp³-hybridized carbons (Fsp3) is 0.641. The number of phosphoric acid groups is 3.